The van der Waals surface area contributed by atoms with Gasteiger partial charge in [0.25, 0.3) is 23.4 Å². The third-order valence-corrected chi connectivity index (χ3v) is 10.2. The number of carbonyl (C=O) groups is 8. The van der Waals surface area contributed by atoms with Gasteiger partial charge in [0.1, 0.15) is 22.8 Å². The highest BCUT2D eigenvalue weighted by molar-refractivity contribution is 8.00. The van der Waals surface area contributed by atoms with E-state index in [9.17, 15) is 48.6 Å². The van der Waals surface area contributed by atoms with E-state index in [2.05, 4.69) is 30.5 Å². The van der Waals surface area contributed by atoms with Gasteiger partial charge in [0.2, 0.25) is 5.75 Å². The van der Waals surface area contributed by atoms with E-state index in [0.717, 1.165) is 65.4 Å². The van der Waals surface area contributed by atoms with Crippen LogP contribution < -0.4 is 25.3 Å². The lowest BCUT2D eigenvalue weighted by Crippen LogP contribution is -2.71. The molecular formula is C33H25N9O14S3. The lowest BCUT2D eigenvalue weighted by Gasteiger charge is -2.49. The molecule has 0 radical (unpaired) electrons. The third kappa shape index (κ3) is 8.43. The van der Waals surface area contributed by atoms with E-state index in [1.807, 2.05) is 0 Å². The lowest BCUT2D eigenvalue weighted by atomic mass is 10.00. The number of thioether (sulfide) groups is 1. The number of aromatic nitrogens is 5. The molecule has 26 heteroatoms. The van der Waals surface area contributed by atoms with E-state index in [1.165, 1.54) is 11.4 Å². The number of hydrogen-bond acceptors (Lipinski definition) is 21. The molecule has 6 rings (SSSR count). The van der Waals surface area contributed by atoms with Crippen LogP contribution in [0.5, 0.6) is 17.2 Å². The van der Waals surface area contributed by atoms with Crippen molar-refractivity contribution in [2.24, 2.45) is 5.16 Å². The zero-order valence-corrected chi connectivity index (χ0v) is 32.8. The number of nitrogens with two attached hydrogens (primary N) is 1. The van der Waals surface area contributed by atoms with Crippen molar-refractivity contribution in [3.8, 4) is 17.2 Å². The van der Waals surface area contributed by atoms with Crippen LogP contribution >= 0.6 is 35.3 Å². The number of oxime groups is 1. The van der Waals surface area contributed by atoms with E-state index in [0.29, 0.717) is 5.69 Å². The first-order valence-corrected chi connectivity index (χ1v) is 18.7. The quantitative estimate of drug-likeness (QED) is 0.0222. The second-order valence-corrected chi connectivity index (χ2v) is 14.4. The van der Waals surface area contributed by atoms with Gasteiger partial charge in [-0.05, 0) is 25.1 Å². The van der Waals surface area contributed by atoms with Crippen LogP contribution in [0.25, 0.3) is 5.78 Å². The number of nitrogens with one attached hydrogen (secondary N) is 1. The van der Waals surface area contributed by atoms with Gasteiger partial charge in [-0.1, -0.05) is 17.4 Å². The van der Waals surface area contributed by atoms with Crippen LogP contribution in [-0.2, 0) is 33.6 Å². The smallest absolute Gasteiger partial charge is 0.375 e. The number of aromatic carboxylic acids is 1. The highest BCUT2D eigenvalue weighted by Gasteiger charge is 2.55. The summed E-state index contributed by atoms with van der Waals surface area (Å²) >= 11 is 7.59. The topological polar surface area (TPSA) is 324 Å². The number of hydrogen-bond donors (Lipinski definition) is 4. The van der Waals surface area contributed by atoms with Gasteiger partial charge in [-0.25, -0.2) is 24.4 Å². The Labute approximate surface area is 342 Å². The number of nitrogen functional groups attached to an aromatic ring is 1. The second kappa shape index (κ2) is 16.3. The van der Waals surface area contributed by atoms with Crippen molar-refractivity contribution in [3.05, 3.63) is 63.3 Å². The van der Waals surface area contributed by atoms with Crippen molar-refractivity contribution < 1.29 is 67.6 Å². The molecule has 2 atom stereocenters. The fourth-order valence-corrected chi connectivity index (χ4v) is 7.84. The summed E-state index contributed by atoms with van der Waals surface area (Å²) in [5.41, 5.74) is 4.44. The molecule has 0 spiro atoms. The van der Waals surface area contributed by atoms with E-state index in [-0.39, 0.29) is 38.5 Å². The van der Waals surface area contributed by atoms with Crippen molar-refractivity contribution in [3.63, 3.8) is 0 Å². The van der Waals surface area contributed by atoms with Gasteiger partial charge in [-0.2, -0.15) is 9.50 Å². The van der Waals surface area contributed by atoms with Gasteiger partial charge in [-0.15, -0.1) is 28.2 Å². The fraction of sp³-hybridized carbons (Fsp3) is 0.212. The van der Waals surface area contributed by atoms with Crippen LogP contribution in [0, 0.1) is 6.92 Å². The molecule has 5 heterocycles. The minimum atomic E-state index is -1.53. The average Bonchev–Trinajstić information content (AvgIpc) is 3.79. The monoisotopic (exact) mass is 867 g/mol. The van der Waals surface area contributed by atoms with Crippen molar-refractivity contribution in [2.75, 3.05) is 11.5 Å². The summed E-state index contributed by atoms with van der Waals surface area (Å²) in [5, 5.41) is 30.0. The first-order chi connectivity index (χ1) is 27.8. The Morgan fingerprint density at radius 1 is 0.949 bits per heavy atom. The van der Waals surface area contributed by atoms with Gasteiger partial charge in [-0.3, -0.25) is 28.9 Å². The zero-order chi connectivity index (χ0) is 43.0. The molecule has 1 aromatic carbocycles. The summed E-state index contributed by atoms with van der Waals surface area (Å²) in [7, 11) is 0. The Kier molecular flexibility index (Phi) is 11.5. The molecule has 23 nitrogen and oxygen atoms in total. The molecule has 0 bridgehead atoms. The molecule has 2 aliphatic heterocycles. The first-order valence-electron chi connectivity index (χ1n) is 16.3. The van der Waals surface area contributed by atoms with Crippen LogP contribution in [-0.4, -0.2) is 115 Å². The van der Waals surface area contributed by atoms with E-state index < -0.39 is 99.1 Å². The molecule has 1 saturated heterocycles. The normalized spacial score (nSPS) is 16.1. The molecule has 2 amide bonds. The number of carbonyl (C=O) groups excluding carboxylic acids is 6. The predicted octanol–water partition coefficient (Wildman–Crippen LogP) is 0.663. The Morgan fingerprint density at radius 3 is 2.15 bits per heavy atom. The first kappa shape index (κ1) is 41.4. The standard InChI is InChI=1S/C33H25N9O14S3/c1-10-5-17(42-33(35-10)38-25(39-42)30(50)51)24(57)15-8-58-28-21(27(47)41(28)22(15)29(48)49)37-26(46)20(16-9-59-32(34)36-16)40-56-31(52)14-6-18(53-11(2)43)23(55-13(4)45)19(7-14)54-12(3)44/h5-7,9,21,28H,8H2,1-4H3,(H2,34,36)(H,37,46)(H,48,49)(H,50,51)/b40-20-/t21-,28-/m1/s1. The van der Waals surface area contributed by atoms with Crippen LogP contribution in [0.15, 0.2) is 40.0 Å². The number of carboxylic acid groups (broad SMARTS) is 2. The summed E-state index contributed by atoms with van der Waals surface area (Å²) in [5.74, 6) is -11.3. The van der Waals surface area contributed by atoms with E-state index in [4.69, 9.17) is 37.0 Å². The molecular weight excluding hydrogens is 843 g/mol. The van der Waals surface area contributed by atoms with Crippen molar-refractivity contribution in [2.45, 2.75) is 39.1 Å². The molecule has 1 fully saturated rings. The Bertz CT molecular complexity index is 2600. The van der Waals surface area contributed by atoms with Crippen LogP contribution in [0.3, 0.4) is 0 Å². The number of thiazole rings is 1. The SMILES string of the molecule is CC(=O)Oc1cc(C(=O)O/N=C(\C(=O)N[C@@H]2C(=O)N3C(C(=O)O)=C(C(=S)c4cc(C)nc5nc(C(=O)O)nn45)CS[C@H]23)c2csc(N)n2)cc(OC(C)=O)c1OC(C)=O. The fourth-order valence-electron chi connectivity index (χ4n) is 5.54. The number of benzene rings is 1. The highest BCUT2D eigenvalue weighted by Crippen LogP contribution is 2.42. The minimum absolute atomic E-state index is 0.0212. The van der Waals surface area contributed by atoms with Gasteiger partial charge in [0.05, 0.1) is 16.1 Å². The Balaban J connectivity index is 1.27. The summed E-state index contributed by atoms with van der Waals surface area (Å²) < 4.78 is 16.2. The number of thiocarbonyl (C=S) groups is 1. The van der Waals surface area contributed by atoms with Crippen molar-refractivity contribution in [1.82, 2.24) is 34.8 Å². The minimum Gasteiger partial charge on any atom is -0.477 e. The molecule has 2 aliphatic rings. The molecule has 59 heavy (non-hydrogen) atoms. The number of aryl methyl sites for hydroxylation is 1. The Morgan fingerprint density at radius 2 is 1.59 bits per heavy atom. The summed E-state index contributed by atoms with van der Waals surface area (Å²) in [6.07, 6.45) is 0. The van der Waals surface area contributed by atoms with Crippen LogP contribution in [0.2, 0.25) is 0 Å². The molecule has 0 saturated carbocycles. The highest BCUT2D eigenvalue weighted by atomic mass is 32.2. The zero-order valence-electron chi connectivity index (χ0n) is 30.4. The lowest BCUT2D eigenvalue weighted by molar-refractivity contribution is -0.150. The largest absolute Gasteiger partial charge is 0.477 e. The summed E-state index contributed by atoms with van der Waals surface area (Å²) in [6.45, 7) is 4.61. The summed E-state index contributed by atoms with van der Waals surface area (Å²) in [6, 6.07) is 1.94. The molecule has 3 aromatic heterocycles. The maximum Gasteiger partial charge on any atom is 0.375 e. The summed E-state index contributed by atoms with van der Waals surface area (Å²) in [4.78, 5) is 118. The average molecular weight is 868 g/mol. The number of carboxylic acids is 2. The predicted molar refractivity (Wildman–Crippen MR) is 203 cm³/mol. The number of β-lactam (4-membered cyclic amide) rings is 1. The molecule has 0 unspecified atom stereocenters. The number of esters is 3. The van der Waals surface area contributed by atoms with Crippen LogP contribution in [0.1, 0.15) is 58.8 Å². The van der Waals surface area contributed by atoms with E-state index in [1.54, 1.807) is 6.92 Å². The molecule has 0 aliphatic carbocycles. The molecule has 4 aromatic rings. The number of amides is 2. The molecule has 5 N–H and O–H groups in total. The van der Waals surface area contributed by atoms with E-state index >= 15 is 0 Å². The van der Waals surface area contributed by atoms with Gasteiger partial charge in [0.15, 0.2) is 22.3 Å². The van der Waals surface area contributed by atoms with Gasteiger partial charge in [0, 0.05) is 43.2 Å². The maximum absolute atomic E-state index is 13.7. The number of rotatable bonds is 12. The maximum atomic E-state index is 13.7. The Hall–Kier alpha value is -7.19. The number of fused-ring (bicyclic) bond motifs is 2. The van der Waals surface area contributed by atoms with Gasteiger partial charge >= 0.3 is 35.8 Å². The van der Waals surface area contributed by atoms with Crippen molar-refractivity contribution in [1.29, 1.82) is 0 Å². The van der Waals surface area contributed by atoms with Gasteiger partial charge < -0.3 is 40.3 Å². The van der Waals surface area contributed by atoms with Crippen molar-refractivity contribution >= 4 is 104 Å². The third-order valence-electron chi connectivity index (χ3n) is 7.80. The number of nitrogens with zero attached hydrogens (tertiary/aromatic N) is 7. The second-order valence-electron chi connectivity index (χ2n) is 12.0. The molecule has 304 valence electrons. The number of anilines is 1. The number of ether oxygens (including phenoxy) is 3. The number of aliphatic carboxylic acids is 1. The van der Waals surface area contributed by atoms with Crippen LogP contribution in [0.4, 0.5) is 5.13 Å².